The molecule has 2 aliphatic rings. The number of benzene rings is 2. The third-order valence-corrected chi connectivity index (χ3v) is 6.78. The molecule has 28 heavy (non-hydrogen) atoms. The highest BCUT2D eigenvalue weighted by molar-refractivity contribution is 5.52. The van der Waals surface area contributed by atoms with Crippen LogP contribution in [0.2, 0.25) is 0 Å². The number of nitrogens with zero attached hydrogens (tertiary/aromatic N) is 3. The molecular formula is C25H29N3. The van der Waals surface area contributed by atoms with Gasteiger partial charge in [0.2, 0.25) is 0 Å². The van der Waals surface area contributed by atoms with Crippen LogP contribution in [-0.4, -0.2) is 41.6 Å². The van der Waals surface area contributed by atoms with E-state index < -0.39 is 0 Å². The van der Waals surface area contributed by atoms with E-state index in [0.29, 0.717) is 12.1 Å². The predicted molar refractivity (Wildman–Crippen MR) is 115 cm³/mol. The molecule has 2 aromatic carbocycles. The van der Waals surface area contributed by atoms with E-state index in [1.165, 1.54) is 22.5 Å². The molecule has 3 heterocycles. The van der Waals surface area contributed by atoms with Gasteiger partial charge in [-0.2, -0.15) is 0 Å². The van der Waals surface area contributed by atoms with Gasteiger partial charge in [0, 0.05) is 55.5 Å². The standard InChI is InChI=1S/C25H29N3/c1-26-16-14-20-22(24(26)18-10-6-4-7-11-18)23-21(28(20)3)15-17-27(2)25(23)19-12-8-5-9-13-19/h4-13,24-25H,14-17H2,1-3H3/t24-,25+. The van der Waals surface area contributed by atoms with Crippen LogP contribution < -0.4 is 0 Å². The molecule has 1 aromatic heterocycles. The van der Waals surface area contributed by atoms with E-state index in [1.807, 2.05) is 0 Å². The Bertz CT molecular complexity index is 895. The maximum Gasteiger partial charge on any atom is 0.0620 e. The van der Waals surface area contributed by atoms with Crippen LogP contribution in [0.4, 0.5) is 0 Å². The number of hydrogen-bond acceptors (Lipinski definition) is 2. The first-order valence-electron chi connectivity index (χ1n) is 10.4. The van der Waals surface area contributed by atoms with Gasteiger partial charge in [0.15, 0.2) is 0 Å². The smallest absolute Gasteiger partial charge is 0.0620 e. The molecule has 0 N–H and O–H groups in total. The Balaban J connectivity index is 1.76. The fourth-order valence-electron chi connectivity index (χ4n) is 5.43. The van der Waals surface area contributed by atoms with Crippen LogP contribution in [0.1, 0.15) is 45.7 Å². The molecule has 0 spiro atoms. The van der Waals surface area contributed by atoms with Crippen molar-refractivity contribution in [3.8, 4) is 0 Å². The second kappa shape index (κ2) is 6.91. The molecule has 0 unspecified atom stereocenters. The van der Waals surface area contributed by atoms with Gasteiger partial charge in [0.1, 0.15) is 0 Å². The lowest BCUT2D eigenvalue weighted by Gasteiger charge is -2.38. The van der Waals surface area contributed by atoms with Gasteiger partial charge in [-0.05, 0) is 25.2 Å². The molecule has 2 aliphatic heterocycles. The fourth-order valence-corrected chi connectivity index (χ4v) is 5.43. The summed E-state index contributed by atoms with van der Waals surface area (Å²) < 4.78 is 2.52. The molecule has 144 valence electrons. The quantitative estimate of drug-likeness (QED) is 0.669. The second-order valence-corrected chi connectivity index (χ2v) is 8.37. The molecule has 3 nitrogen and oxygen atoms in total. The third kappa shape index (κ3) is 2.65. The summed E-state index contributed by atoms with van der Waals surface area (Å²) in [5, 5.41) is 0. The summed E-state index contributed by atoms with van der Waals surface area (Å²) in [5.41, 5.74) is 8.98. The van der Waals surface area contributed by atoms with Crippen LogP contribution in [-0.2, 0) is 19.9 Å². The van der Waals surface area contributed by atoms with Gasteiger partial charge in [-0.15, -0.1) is 0 Å². The van der Waals surface area contributed by atoms with Crippen molar-refractivity contribution < 1.29 is 0 Å². The van der Waals surface area contributed by atoms with Crippen LogP contribution >= 0.6 is 0 Å². The number of rotatable bonds is 2. The Morgan fingerprint density at radius 2 is 1.00 bits per heavy atom. The Kier molecular flexibility index (Phi) is 4.37. The van der Waals surface area contributed by atoms with Crippen LogP contribution in [0.25, 0.3) is 0 Å². The molecule has 0 radical (unpaired) electrons. The molecule has 2 atom stereocenters. The molecule has 0 amide bonds. The Hall–Kier alpha value is -2.36. The summed E-state index contributed by atoms with van der Waals surface area (Å²) in [6.45, 7) is 2.21. The van der Waals surface area contributed by atoms with Gasteiger partial charge in [-0.3, -0.25) is 9.80 Å². The number of fused-ring (bicyclic) bond motifs is 3. The predicted octanol–water partition coefficient (Wildman–Crippen LogP) is 4.18. The normalized spacial score (nSPS) is 22.7. The molecule has 5 rings (SSSR count). The molecule has 0 saturated carbocycles. The largest absolute Gasteiger partial charge is 0.351 e. The van der Waals surface area contributed by atoms with E-state index in [0.717, 1.165) is 25.9 Å². The lowest BCUT2D eigenvalue weighted by Crippen LogP contribution is -2.36. The zero-order chi connectivity index (χ0) is 19.3. The van der Waals surface area contributed by atoms with E-state index in [-0.39, 0.29) is 0 Å². The van der Waals surface area contributed by atoms with Crippen molar-refractivity contribution in [1.29, 1.82) is 0 Å². The molecule has 3 aromatic rings. The topological polar surface area (TPSA) is 11.4 Å². The summed E-state index contributed by atoms with van der Waals surface area (Å²) in [4.78, 5) is 5.07. The lowest BCUT2D eigenvalue weighted by atomic mass is 9.83. The highest BCUT2D eigenvalue weighted by Crippen LogP contribution is 2.46. The van der Waals surface area contributed by atoms with Crippen LogP contribution in [0, 0.1) is 0 Å². The average molecular weight is 372 g/mol. The molecule has 3 heteroatoms. The zero-order valence-corrected chi connectivity index (χ0v) is 17.1. The highest BCUT2D eigenvalue weighted by atomic mass is 15.2. The van der Waals surface area contributed by atoms with Crippen LogP contribution in [0.5, 0.6) is 0 Å². The van der Waals surface area contributed by atoms with Gasteiger partial charge in [0.25, 0.3) is 0 Å². The minimum absolute atomic E-state index is 0.331. The van der Waals surface area contributed by atoms with Crippen LogP contribution in [0.15, 0.2) is 60.7 Å². The van der Waals surface area contributed by atoms with Gasteiger partial charge in [-0.1, -0.05) is 60.7 Å². The molecule has 0 saturated heterocycles. The van der Waals surface area contributed by atoms with Gasteiger partial charge < -0.3 is 4.57 Å². The van der Waals surface area contributed by atoms with Crippen LogP contribution in [0.3, 0.4) is 0 Å². The zero-order valence-electron chi connectivity index (χ0n) is 17.1. The first kappa shape index (κ1) is 17.7. The van der Waals surface area contributed by atoms with E-state index in [4.69, 9.17) is 0 Å². The fraction of sp³-hybridized carbons (Fsp3) is 0.360. The summed E-state index contributed by atoms with van der Waals surface area (Å²) in [5.74, 6) is 0. The van der Waals surface area contributed by atoms with Gasteiger partial charge in [-0.25, -0.2) is 0 Å². The van der Waals surface area contributed by atoms with E-state index >= 15 is 0 Å². The number of hydrogen-bond donors (Lipinski definition) is 0. The number of aromatic nitrogens is 1. The minimum atomic E-state index is 0.331. The maximum atomic E-state index is 2.54. The van der Waals surface area contributed by atoms with Gasteiger partial charge >= 0.3 is 0 Å². The summed E-state index contributed by atoms with van der Waals surface area (Å²) in [6.07, 6.45) is 2.26. The summed E-state index contributed by atoms with van der Waals surface area (Å²) in [6, 6.07) is 22.8. The average Bonchev–Trinajstić information content (AvgIpc) is 3.01. The monoisotopic (exact) mass is 371 g/mol. The van der Waals surface area contributed by atoms with Crippen molar-refractivity contribution in [1.82, 2.24) is 14.4 Å². The lowest BCUT2D eigenvalue weighted by molar-refractivity contribution is 0.245. The van der Waals surface area contributed by atoms with Crippen molar-refractivity contribution in [2.45, 2.75) is 24.9 Å². The Labute approximate surface area is 168 Å². The molecule has 0 aliphatic carbocycles. The van der Waals surface area contributed by atoms with Crippen molar-refractivity contribution in [3.05, 3.63) is 94.3 Å². The Morgan fingerprint density at radius 3 is 1.39 bits per heavy atom. The summed E-state index contributed by atoms with van der Waals surface area (Å²) in [7, 11) is 6.85. The van der Waals surface area contributed by atoms with Crippen molar-refractivity contribution in [2.24, 2.45) is 7.05 Å². The van der Waals surface area contributed by atoms with Gasteiger partial charge in [0.05, 0.1) is 12.1 Å². The van der Waals surface area contributed by atoms with Crippen molar-refractivity contribution in [3.63, 3.8) is 0 Å². The SMILES string of the molecule is CN1CCc2c(c3c(n2C)CCN(C)[C@H]3c2ccccc2)[C@H]1c1ccccc1. The van der Waals surface area contributed by atoms with Crippen molar-refractivity contribution in [2.75, 3.05) is 27.2 Å². The first-order chi connectivity index (χ1) is 13.7. The number of likely N-dealkylation sites (N-methyl/N-ethyl adjacent to an activating group) is 2. The van der Waals surface area contributed by atoms with E-state index in [1.54, 1.807) is 11.1 Å². The van der Waals surface area contributed by atoms with E-state index in [9.17, 15) is 0 Å². The molecule has 0 bridgehead atoms. The van der Waals surface area contributed by atoms with E-state index in [2.05, 4.69) is 96.2 Å². The third-order valence-electron chi connectivity index (χ3n) is 6.78. The minimum Gasteiger partial charge on any atom is -0.351 e. The Morgan fingerprint density at radius 1 is 0.607 bits per heavy atom. The second-order valence-electron chi connectivity index (χ2n) is 8.37. The first-order valence-corrected chi connectivity index (χ1v) is 10.4. The summed E-state index contributed by atoms with van der Waals surface area (Å²) >= 11 is 0. The molecule has 0 fully saturated rings. The molecular weight excluding hydrogens is 342 g/mol. The highest BCUT2D eigenvalue weighted by Gasteiger charge is 2.39. The van der Waals surface area contributed by atoms with Crippen molar-refractivity contribution >= 4 is 0 Å². The maximum absolute atomic E-state index is 2.54.